The van der Waals surface area contributed by atoms with E-state index in [-0.39, 0.29) is 39.1 Å². The molecule has 0 bridgehead atoms. The van der Waals surface area contributed by atoms with Gasteiger partial charge in [-0.05, 0) is 36.4 Å². The van der Waals surface area contributed by atoms with Crippen LogP contribution in [-0.2, 0) is 0 Å². The minimum Gasteiger partial charge on any atom is -0.504 e. The summed E-state index contributed by atoms with van der Waals surface area (Å²) >= 11 is 0. The van der Waals surface area contributed by atoms with Crippen molar-refractivity contribution < 1.29 is 14.6 Å². The number of aromatic hydroxyl groups is 2. The number of hydrogen-bond acceptors (Lipinski definition) is 5. The fourth-order valence-corrected chi connectivity index (χ4v) is 2.26. The Labute approximate surface area is 143 Å². The van der Waals surface area contributed by atoms with Crippen LogP contribution in [0.4, 0.5) is 5.69 Å². The van der Waals surface area contributed by atoms with E-state index in [1.54, 1.807) is 0 Å². The van der Waals surface area contributed by atoms with Crippen molar-refractivity contribution in [3.8, 4) is 22.8 Å². The van der Waals surface area contributed by atoms with Crippen LogP contribution in [0.25, 0.3) is 22.3 Å². The van der Waals surface area contributed by atoms with Crippen molar-refractivity contribution in [1.29, 1.82) is 0 Å². The Morgan fingerprint density at radius 3 is 2.26 bits per heavy atom. The van der Waals surface area contributed by atoms with Crippen LogP contribution in [0.2, 0.25) is 0 Å². The second-order valence-electron chi connectivity index (χ2n) is 5.23. The van der Waals surface area contributed by atoms with Gasteiger partial charge < -0.3 is 19.5 Å². The molecular formula is C17H16BrNO4. The smallest absolute Gasteiger partial charge is 0.201 e. The van der Waals surface area contributed by atoms with Crippen molar-refractivity contribution >= 4 is 33.6 Å². The molecule has 0 radical (unpaired) electrons. The molecule has 3 aromatic rings. The van der Waals surface area contributed by atoms with E-state index < -0.39 is 5.75 Å². The van der Waals surface area contributed by atoms with Crippen LogP contribution in [0.1, 0.15) is 0 Å². The Hall–Kier alpha value is -2.47. The Bertz CT molecular complexity index is 901. The lowest BCUT2D eigenvalue weighted by molar-refractivity contribution is 0.400. The van der Waals surface area contributed by atoms with E-state index in [4.69, 9.17) is 4.42 Å². The van der Waals surface area contributed by atoms with Gasteiger partial charge in [0.15, 0.2) is 16.8 Å². The topological polar surface area (TPSA) is 73.9 Å². The molecule has 0 aliphatic carbocycles. The van der Waals surface area contributed by atoms with Gasteiger partial charge in [-0.2, -0.15) is 0 Å². The standard InChI is InChI=1S/C17H15NO4.BrH/c1-18(2)11-5-3-10(4-6-11)15-9-14(20)12-7-8-13(19)16(21)17(12)22-15;/h3-9,19,21H,1-2H3;1H. The number of anilines is 1. The quantitative estimate of drug-likeness (QED) is 0.668. The van der Waals surface area contributed by atoms with Crippen molar-refractivity contribution in [2.45, 2.75) is 0 Å². The van der Waals surface area contributed by atoms with Gasteiger partial charge in [-0.1, -0.05) is 0 Å². The lowest BCUT2D eigenvalue weighted by Crippen LogP contribution is -2.08. The lowest BCUT2D eigenvalue weighted by atomic mass is 10.1. The van der Waals surface area contributed by atoms with Gasteiger partial charge in [-0.25, -0.2) is 0 Å². The molecule has 0 fully saturated rings. The minimum absolute atomic E-state index is 0. The Morgan fingerprint density at radius 2 is 1.65 bits per heavy atom. The van der Waals surface area contributed by atoms with Gasteiger partial charge in [0.1, 0.15) is 5.76 Å². The molecule has 120 valence electrons. The first kappa shape index (κ1) is 16.9. The molecular weight excluding hydrogens is 362 g/mol. The fraction of sp³-hybridized carbons (Fsp3) is 0.118. The highest BCUT2D eigenvalue weighted by Gasteiger charge is 2.13. The normalized spacial score (nSPS) is 10.3. The maximum atomic E-state index is 12.2. The molecule has 2 N–H and O–H groups in total. The molecule has 0 amide bonds. The number of nitrogens with zero attached hydrogens (tertiary/aromatic N) is 1. The van der Waals surface area contributed by atoms with Gasteiger partial charge >= 0.3 is 0 Å². The van der Waals surface area contributed by atoms with Crippen LogP contribution < -0.4 is 10.3 Å². The predicted octanol–water partition coefficient (Wildman–Crippen LogP) is 3.52. The highest BCUT2D eigenvalue weighted by atomic mass is 79.9. The molecule has 23 heavy (non-hydrogen) atoms. The molecule has 5 nitrogen and oxygen atoms in total. The van der Waals surface area contributed by atoms with Gasteiger partial charge in [0.25, 0.3) is 0 Å². The highest BCUT2D eigenvalue weighted by Crippen LogP contribution is 2.34. The van der Waals surface area contributed by atoms with Crippen molar-refractivity contribution in [3.63, 3.8) is 0 Å². The third-order valence-electron chi connectivity index (χ3n) is 3.52. The second kappa shape index (κ2) is 6.34. The Morgan fingerprint density at radius 1 is 1.00 bits per heavy atom. The summed E-state index contributed by atoms with van der Waals surface area (Å²) in [7, 11) is 3.87. The summed E-state index contributed by atoms with van der Waals surface area (Å²) in [5, 5.41) is 19.7. The molecule has 0 saturated carbocycles. The molecule has 0 spiro atoms. The van der Waals surface area contributed by atoms with Crippen molar-refractivity contribution in [1.82, 2.24) is 0 Å². The molecule has 3 rings (SSSR count). The summed E-state index contributed by atoms with van der Waals surface area (Å²) < 4.78 is 5.62. The summed E-state index contributed by atoms with van der Waals surface area (Å²) in [4.78, 5) is 14.1. The monoisotopic (exact) mass is 377 g/mol. The summed E-state index contributed by atoms with van der Waals surface area (Å²) in [5.41, 5.74) is 1.45. The average molecular weight is 378 g/mol. The first-order chi connectivity index (χ1) is 10.5. The molecule has 0 unspecified atom stereocenters. The molecule has 0 saturated heterocycles. The molecule has 0 aliphatic heterocycles. The third kappa shape index (κ3) is 3.03. The van der Waals surface area contributed by atoms with E-state index in [2.05, 4.69) is 0 Å². The van der Waals surface area contributed by atoms with E-state index in [0.29, 0.717) is 11.3 Å². The summed E-state index contributed by atoms with van der Waals surface area (Å²) in [6, 6.07) is 11.5. The van der Waals surface area contributed by atoms with E-state index in [0.717, 1.165) is 5.69 Å². The van der Waals surface area contributed by atoms with E-state index in [9.17, 15) is 15.0 Å². The summed E-state index contributed by atoms with van der Waals surface area (Å²) in [6.07, 6.45) is 0. The van der Waals surface area contributed by atoms with E-state index in [1.807, 2.05) is 43.3 Å². The molecule has 1 heterocycles. The van der Waals surface area contributed by atoms with Crippen molar-refractivity contribution in [2.75, 3.05) is 19.0 Å². The highest BCUT2D eigenvalue weighted by molar-refractivity contribution is 8.93. The Balaban J connectivity index is 0.00000192. The lowest BCUT2D eigenvalue weighted by Gasteiger charge is -2.12. The predicted molar refractivity (Wildman–Crippen MR) is 95.9 cm³/mol. The second-order valence-corrected chi connectivity index (χ2v) is 5.23. The number of fused-ring (bicyclic) bond motifs is 1. The van der Waals surface area contributed by atoms with Gasteiger partial charge in [0.05, 0.1) is 5.39 Å². The fourth-order valence-electron chi connectivity index (χ4n) is 2.26. The van der Waals surface area contributed by atoms with Gasteiger partial charge in [-0.3, -0.25) is 4.79 Å². The zero-order chi connectivity index (χ0) is 15.9. The number of phenols is 2. The van der Waals surface area contributed by atoms with Crippen LogP contribution in [0.5, 0.6) is 11.5 Å². The minimum atomic E-state index is -0.429. The van der Waals surface area contributed by atoms with Gasteiger partial charge in [-0.15, -0.1) is 17.0 Å². The largest absolute Gasteiger partial charge is 0.504 e. The number of hydrogen-bond donors (Lipinski definition) is 2. The van der Waals surface area contributed by atoms with Crippen LogP contribution in [0.15, 0.2) is 51.7 Å². The number of rotatable bonds is 2. The zero-order valence-corrected chi connectivity index (χ0v) is 14.3. The van der Waals surface area contributed by atoms with Gasteiger partial charge in [0.2, 0.25) is 5.75 Å². The first-order valence-corrected chi connectivity index (χ1v) is 6.74. The molecule has 1 aromatic heterocycles. The summed E-state index contributed by atoms with van der Waals surface area (Å²) in [5.74, 6) is -0.416. The van der Waals surface area contributed by atoms with Crippen molar-refractivity contribution in [3.05, 3.63) is 52.7 Å². The third-order valence-corrected chi connectivity index (χ3v) is 3.52. The van der Waals surface area contributed by atoms with Crippen LogP contribution in [0, 0.1) is 0 Å². The zero-order valence-electron chi connectivity index (χ0n) is 12.6. The maximum Gasteiger partial charge on any atom is 0.201 e. The number of phenolic OH excluding ortho intramolecular Hbond substituents is 2. The molecule has 2 aromatic carbocycles. The Kier molecular flexibility index (Phi) is 4.65. The van der Waals surface area contributed by atoms with Crippen LogP contribution >= 0.6 is 17.0 Å². The van der Waals surface area contributed by atoms with E-state index >= 15 is 0 Å². The maximum absolute atomic E-state index is 12.2. The van der Waals surface area contributed by atoms with Crippen LogP contribution in [0.3, 0.4) is 0 Å². The summed E-state index contributed by atoms with van der Waals surface area (Å²) in [6.45, 7) is 0. The van der Waals surface area contributed by atoms with E-state index in [1.165, 1.54) is 18.2 Å². The van der Waals surface area contributed by atoms with Crippen molar-refractivity contribution in [2.24, 2.45) is 0 Å². The molecule has 0 aliphatic rings. The molecule has 6 heteroatoms. The average Bonchev–Trinajstić information content (AvgIpc) is 2.51. The number of benzene rings is 2. The first-order valence-electron chi connectivity index (χ1n) is 6.74. The number of halogens is 1. The van der Waals surface area contributed by atoms with Crippen LogP contribution in [-0.4, -0.2) is 24.3 Å². The molecule has 0 atom stereocenters. The van der Waals surface area contributed by atoms with Gasteiger partial charge in [0, 0.05) is 31.4 Å². The SMILES string of the molecule is Br.CN(C)c1ccc(-c2cc(=O)c3ccc(O)c(O)c3o2)cc1.